The van der Waals surface area contributed by atoms with Gasteiger partial charge in [0.2, 0.25) is 0 Å². The number of fused-ring (bicyclic) bond motifs is 1. The number of hydroxylamine groups is 1. The Morgan fingerprint density at radius 2 is 2.45 bits per heavy atom. The highest BCUT2D eigenvalue weighted by atomic mass is 16.5. The zero-order valence-corrected chi connectivity index (χ0v) is 5.69. The molecule has 1 N–H and O–H groups in total. The van der Waals surface area contributed by atoms with Crippen LogP contribution in [-0.4, -0.2) is 16.1 Å². The van der Waals surface area contributed by atoms with Crippen molar-refractivity contribution in [3.8, 4) is 0 Å². The highest BCUT2D eigenvalue weighted by Crippen LogP contribution is 2.23. The molecule has 2 heterocycles. The van der Waals surface area contributed by atoms with Crippen molar-refractivity contribution in [2.45, 2.75) is 6.42 Å². The first-order valence-electron chi connectivity index (χ1n) is 3.25. The normalized spacial score (nSPS) is 15.4. The lowest BCUT2D eigenvalue weighted by atomic mass is 10.2. The summed E-state index contributed by atoms with van der Waals surface area (Å²) in [5.74, 6) is 0.0381. The molecular formula is C7H6N2O2. The highest BCUT2D eigenvalue weighted by molar-refractivity contribution is 5.97. The van der Waals surface area contributed by atoms with Crippen LogP contribution in [0.1, 0.15) is 5.56 Å². The van der Waals surface area contributed by atoms with Crippen molar-refractivity contribution >= 4 is 11.7 Å². The number of carbonyl (C=O) groups is 1. The van der Waals surface area contributed by atoms with Gasteiger partial charge in [-0.1, -0.05) is 6.07 Å². The summed E-state index contributed by atoms with van der Waals surface area (Å²) in [7, 11) is 0. The van der Waals surface area contributed by atoms with E-state index in [1.807, 2.05) is 0 Å². The summed E-state index contributed by atoms with van der Waals surface area (Å²) < 4.78 is 0. The molecule has 0 spiro atoms. The maximum atomic E-state index is 10.9. The molecule has 0 fully saturated rings. The third-order valence-corrected chi connectivity index (χ3v) is 1.65. The van der Waals surface area contributed by atoms with Gasteiger partial charge < -0.3 is 0 Å². The Hall–Kier alpha value is -1.42. The molecule has 4 nitrogen and oxygen atoms in total. The summed E-state index contributed by atoms with van der Waals surface area (Å²) in [6.07, 6.45) is 1.79. The highest BCUT2D eigenvalue weighted by Gasteiger charge is 2.26. The van der Waals surface area contributed by atoms with E-state index in [-0.39, 0.29) is 12.3 Å². The summed E-state index contributed by atoms with van der Waals surface area (Å²) >= 11 is 0. The third kappa shape index (κ3) is 0.798. The molecule has 0 saturated carbocycles. The zero-order chi connectivity index (χ0) is 7.84. The van der Waals surface area contributed by atoms with Crippen molar-refractivity contribution in [3.05, 3.63) is 23.9 Å². The maximum Gasteiger partial charge on any atom is 0.256 e. The summed E-state index contributed by atoms with van der Waals surface area (Å²) in [5.41, 5.74) is 0.778. The fourth-order valence-corrected chi connectivity index (χ4v) is 1.11. The molecule has 1 aliphatic heterocycles. The predicted molar refractivity (Wildman–Crippen MR) is 37.2 cm³/mol. The lowest BCUT2D eigenvalue weighted by Gasteiger charge is -2.04. The lowest BCUT2D eigenvalue weighted by Crippen LogP contribution is -2.22. The lowest BCUT2D eigenvalue weighted by molar-refractivity contribution is -0.122. The van der Waals surface area contributed by atoms with E-state index in [2.05, 4.69) is 4.98 Å². The van der Waals surface area contributed by atoms with E-state index >= 15 is 0 Å². The monoisotopic (exact) mass is 150 g/mol. The van der Waals surface area contributed by atoms with Crippen LogP contribution in [0.5, 0.6) is 0 Å². The van der Waals surface area contributed by atoms with Crippen molar-refractivity contribution in [1.29, 1.82) is 0 Å². The van der Waals surface area contributed by atoms with Gasteiger partial charge in [0.1, 0.15) is 0 Å². The van der Waals surface area contributed by atoms with E-state index in [4.69, 9.17) is 5.21 Å². The van der Waals surface area contributed by atoms with Crippen molar-refractivity contribution in [2.75, 3.05) is 5.06 Å². The maximum absolute atomic E-state index is 10.9. The summed E-state index contributed by atoms with van der Waals surface area (Å²) in [6.45, 7) is 0. The van der Waals surface area contributed by atoms with E-state index in [0.717, 1.165) is 5.56 Å². The van der Waals surface area contributed by atoms with Gasteiger partial charge in [0, 0.05) is 11.8 Å². The van der Waals surface area contributed by atoms with Gasteiger partial charge in [0.15, 0.2) is 5.82 Å². The Balaban J connectivity index is 2.55. The molecule has 0 aliphatic carbocycles. The topological polar surface area (TPSA) is 53.4 Å². The van der Waals surface area contributed by atoms with Gasteiger partial charge in [-0.2, -0.15) is 5.06 Å². The first-order valence-corrected chi connectivity index (χ1v) is 3.25. The van der Waals surface area contributed by atoms with E-state index in [1.54, 1.807) is 18.3 Å². The van der Waals surface area contributed by atoms with Crippen LogP contribution in [0, 0.1) is 0 Å². The standard InChI is InChI=1S/C7H6N2O2/c10-6-4-5-2-1-3-8-7(5)9(6)11/h1-3,11H,4H2. The largest absolute Gasteiger partial charge is 0.280 e. The van der Waals surface area contributed by atoms with Gasteiger partial charge in [-0.3, -0.25) is 10.0 Å². The molecule has 0 aromatic carbocycles. The molecule has 0 bridgehead atoms. The van der Waals surface area contributed by atoms with Gasteiger partial charge in [-0.25, -0.2) is 4.98 Å². The zero-order valence-electron chi connectivity index (χ0n) is 5.69. The van der Waals surface area contributed by atoms with E-state index in [9.17, 15) is 4.79 Å². The van der Waals surface area contributed by atoms with Gasteiger partial charge in [0.25, 0.3) is 5.91 Å². The molecule has 0 unspecified atom stereocenters. The minimum absolute atomic E-state index is 0.250. The Morgan fingerprint density at radius 1 is 1.64 bits per heavy atom. The summed E-state index contributed by atoms with van der Waals surface area (Å²) in [6, 6.07) is 3.52. The molecular weight excluding hydrogens is 144 g/mol. The van der Waals surface area contributed by atoms with E-state index < -0.39 is 0 Å². The van der Waals surface area contributed by atoms with Crippen LogP contribution in [0.15, 0.2) is 18.3 Å². The second-order valence-electron chi connectivity index (χ2n) is 2.37. The number of carbonyl (C=O) groups excluding carboxylic acids is 1. The molecule has 0 saturated heterocycles. The van der Waals surface area contributed by atoms with Crippen LogP contribution >= 0.6 is 0 Å². The molecule has 1 aromatic rings. The molecule has 56 valence electrons. The molecule has 11 heavy (non-hydrogen) atoms. The molecule has 1 aromatic heterocycles. The molecule has 0 atom stereocenters. The number of rotatable bonds is 0. The number of amides is 1. The molecule has 2 rings (SSSR count). The Bertz CT molecular complexity index is 311. The van der Waals surface area contributed by atoms with E-state index in [1.165, 1.54) is 0 Å². The fraction of sp³-hybridized carbons (Fsp3) is 0.143. The Labute approximate surface area is 63.0 Å². The van der Waals surface area contributed by atoms with Gasteiger partial charge >= 0.3 is 0 Å². The smallest absolute Gasteiger partial charge is 0.256 e. The SMILES string of the molecule is O=C1Cc2cccnc2N1O. The molecule has 1 amide bonds. The summed E-state index contributed by atoms with van der Waals surface area (Å²) in [4.78, 5) is 14.7. The Morgan fingerprint density at radius 3 is 3.18 bits per heavy atom. The third-order valence-electron chi connectivity index (χ3n) is 1.65. The Kier molecular flexibility index (Phi) is 1.16. The number of aromatic nitrogens is 1. The van der Waals surface area contributed by atoms with Crippen LogP contribution in [0.4, 0.5) is 5.82 Å². The number of anilines is 1. The summed E-state index contributed by atoms with van der Waals surface area (Å²) in [5, 5.41) is 9.66. The van der Waals surface area contributed by atoms with Gasteiger partial charge in [0.05, 0.1) is 6.42 Å². The second-order valence-corrected chi connectivity index (χ2v) is 2.37. The van der Waals surface area contributed by atoms with E-state index in [0.29, 0.717) is 10.9 Å². The number of hydrogen-bond acceptors (Lipinski definition) is 3. The number of pyridine rings is 1. The van der Waals surface area contributed by atoms with Crippen molar-refractivity contribution in [1.82, 2.24) is 4.98 Å². The van der Waals surface area contributed by atoms with Crippen LogP contribution in [0.3, 0.4) is 0 Å². The predicted octanol–water partition coefficient (Wildman–Crippen LogP) is 0.360. The quantitative estimate of drug-likeness (QED) is 0.543. The second kappa shape index (κ2) is 2.03. The van der Waals surface area contributed by atoms with Crippen LogP contribution < -0.4 is 5.06 Å². The minimum Gasteiger partial charge on any atom is -0.280 e. The molecule has 0 radical (unpaired) electrons. The first kappa shape index (κ1) is 6.30. The van der Waals surface area contributed by atoms with Gasteiger partial charge in [-0.15, -0.1) is 0 Å². The first-order chi connectivity index (χ1) is 5.29. The minimum atomic E-state index is -0.321. The van der Waals surface area contributed by atoms with Crippen molar-refractivity contribution < 1.29 is 10.0 Å². The average molecular weight is 150 g/mol. The fourth-order valence-electron chi connectivity index (χ4n) is 1.11. The number of nitrogens with zero attached hydrogens (tertiary/aromatic N) is 2. The number of hydrogen-bond donors (Lipinski definition) is 1. The average Bonchev–Trinajstić information content (AvgIpc) is 2.30. The van der Waals surface area contributed by atoms with Crippen molar-refractivity contribution in [3.63, 3.8) is 0 Å². The molecule has 4 heteroatoms. The van der Waals surface area contributed by atoms with Crippen molar-refractivity contribution in [2.24, 2.45) is 0 Å². The van der Waals surface area contributed by atoms with Crippen LogP contribution in [-0.2, 0) is 11.2 Å². The molecule has 1 aliphatic rings. The van der Waals surface area contributed by atoms with Crippen LogP contribution in [0.25, 0.3) is 0 Å². The van der Waals surface area contributed by atoms with Gasteiger partial charge in [-0.05, 0) is 6.07 Å². The van der Waals surface area contributed by atoms with Crippen LogP contribution in [0.2, 0.25) is 0 Å².